The number of halogens is 4. The van der Waals surface area contributed by atoms with Gasteiger partial charge in [-0.1, -0.05) is 34.7 Å². The first kappa shape index (κ1) is 12.3. The van der Waals surface area contributed by atoms with Gasteiger partial charge >= 0.3 is 6.18 Å². The number of alkyl halides is 4. The van der Waals surface area contributed by atoms with Gasteiger partial charge in [-0.05, 0) is 20.3 Å². The maximum atomic E-state index is 12.4. The van der Waals surface area contributed by atoms with E-state index in [1.807, 2.05) is 22.6 Å². The van der Waals surface area contributed by atoms with Crippen molar-refractivity contribution in [2.75, 3.05) is 4.43 Å². The first-order valence-electron chi connectivity index (χ1n) is 3.64. The molecule has 0 nitrogen and oxygen atoms in total. The fourth-order valence-corrected chi connectivity index (χ4v) is 2.00. The van der Waals surface area contributed by atoms with Crippen LogP contribution in [-0.4, -0.2) is 10.6 Å². The van der Waals surface area contributed by atoms with Crippen molar-refractivity contribution in [2.24, 2.45) is 5.41 Å². The van der Waals surface area contributed by atoms with E-state index in [9.17, 15) is 13.2 Å². The van der Waals surface area contributed by atoms with E-state index < -0.39 is 11.6 Å². The molecule has 72 valence electrons. The van der Waals surface area contributed by atoms with E-state index in [4.69, 9.17) is 0 Å². The molecule has 0 unspecified atom stereocenters. The smallest absolute Gasteiger partial charge is 0.170 e. The molecule has 0 amide bonds. The Balaban J connectivity index is 4.61. The largest absolute Gasteiger partial charge is 0.397 e. The molecule has 0 aromatic rings. The number of hydrogen-bond donors (Lipinski definition) is 0. The number of rotatable bonds is 3. The van der Waals surface area contributed by atoms with Crippen molar-refractivity contribution in [2.45, 2.75) is 26.4 Å². The summed E-state index contributed by atoms with van der Waals surface area (Å²) in [4.78, 5) is 0. The Kier molecular flexibility index (Phi) is 4.58. The van der Waals surface area contributed by atoms with Gasteiger partial charge in [0.05, 0.1) is 5.41 Å². The molecule has 4 heteroatoms. The Morgan fingerprint density at radius 3 is 2.08 bits per heavy atom. The van der Waals surface area contributed by atoms with E-state index in [0.717, 1.165) is 0 Å². The Labute approximate surface area is 84.4 Å². The Bertz CT molecular complexity index is 162. The summed E-state index contributed by atoms with van der Waals surface area (Å²) < 4.78 is 37.8. The molecule has 0 aliphatic rings. The highest BCUT2D eigenvalue weighted by Gasteiger charge is 2.48. The fourth-order valence-electron chi connectivity index (χ4n) is 0.884. The van der Waals surface area contributed by atoms with E-state index in [0.29, 0.717) is 4.43 Å². The summed E-state index contributed by atoms with van der Waals surface area (Å²) in [6, 6.07) is 0. The lowest BCUT2D eigenvalue weighted by Gasteiger charge is -2.28. The van der Waals surface area contributed by atoms with E-state index in [1.54, 1.807) is 6.92 Å². The lowest BCUT2D eigenvalue weighted by molar-refractivity contribution is -0.200. The van der Waals surface area contributed by atoms with E-state index in [2.05, 4.69) is 0 Å². The molecule has 0 radical (unpaired) electrons. The molecule has 0 aliphatic heterocycles. The fraction of sp³-hybridized carbons (Fsp3) is 0.750. The average molecular weight is 292 g/mol. The zero-order valence-electron chi connectivity index (χ0n) is 7.08. The average Bonchev–Trinajstić information content (AvgIpc) is 1.86. The Morgan fingerprint density at radius 1 is 1.33 bits per heavy atom. The minimum absolute atomic E-state index is 0.140. The highest BCUT2D eigenvalue weighted by atomic mass is 127. The lowest BCUT2D eigenvalue weighted by Crippen LogP contribution is -2.33. The molecule has 0 spiro atoms. The molecule has 0 saturated heterocycles. The third-order valence-corrected chi connectivity index (χ3v) is 2.34. The molecular weight excluding hydrogens is 280 g/mol. The van der Waals surface area contributed by atoms with Crippen molar-refractivity contribution in [3.8, 4) is 0 Å². The van der Waals surface area contributed by atoms with Crippen LogP contribution in [0.4, 0.5) is 13.2 Å². The molecule has 0 N–H and O–H groups in total. The third-order valence-electron chi connectivity index (χ3n) is 1.80. The summed E-state index contributed by atoms with van der Waals surface area (Å²) in [6.45, 7) is 2.84. The van der Waals surface area contributed by atoms with Crippen molar-refractivity contribution < 1.29 is 13.2 Å². The first-order valence-corrected chi connectivity index (χ1v) is 5.16. The van der Waals surface area contributed by atoms with E-state index in [1.165, 1.54) is 19.1 Å². The van der Waals surface area contributed by atoms with Crippen LogP contribution in [0.3, 0.4) is 0 Å². The molecule has 1 atom stereocenters. The highest BCUT2D eigenvalue weighted by Crippen LogP contribution is 2.42. The van der Waals surface area contributed by atoms with Gasteiger partial charge in [0.2, 0.25) is 0 Å². The van der Waals surface area contributed by atoms with Crippen LogP contribution in [0.15, 0.2) is 12.2 Å². The minimum atomic E-state index is -4.13. The predicted octanol–water partition coefficient (Wildman–Crippen LogP) is 3.96. The summed E-state index contributed by atoms with van der Waals surface area (Å²) in [6.07, 6.45) is -1.31. The van der Waals surface area contributed by atoms with Crippen LogP contribution in [0.5, 0.6) is 0 Å². The van der Waals surface area contributed by atoms with Crippen molar-refractivity contribution in [3.63, 3.8) is 0 Å². The van der Waals surface area contributed by atoms with Crippen LogP contribution in [0, 0.1) is 5.41 Å². The van der Waals surface area contributed by atoms with Crippen LogP contribution >= 0.6 is 22.6 Å². The van der Waals surface area contributed by atoms with Gasteiger partial charge in [-0.25, -0.2) is 0 Å². The maximum absolute atomic E-state index is 12.4. The molecule has 0 aliphatic carbocycles. The van der Waals surface area contributed by atoms with Gasteiger partial charge in [0.1, 0.15) is 0 Å². The van der Waals surface area contributed by atoms with Crippen molar-refractivity contribution in [3.05, 3.63) is 12.2 Å². The summed E-state index contributed by atoms with van der Waals surface area (Å²) in [7, 11) is 0. The zero-order valence-corrected chi connectivity index (χ0v) is 9.24. The highest BCUT2D eigenvalue weighted by molar-refractivity contribution is 14.1. The van der Waals surface area contributed by atoms with Gasteiger partial charge in [-0.2, -0.15) is 13.2 Å². The van der Waals surface area contributed by atoms with E-state index in [-0.39, 0.29) is 6.42 Å². The minimum Gasteiger partial charge on any atom is -0.170 e. The second-order valence-corrected chi connectivity index (χ2v) is 3.93. The quantitative estimate of drug-likeness (QED) is 0.419. The molecule has 0 heterocycles. The van der Waals surface area contributed by atoms with E-state index >= 15 is 0 Å². The van der Waals surface area contributed by atoms with Crippen LogP contribution in [0.25, 0.3) is 0 Å². The summed E-state index contributed by atoms with van der Waals surface area (Å²) in [5, 5.41) is 0. The summed E-state index contributed by atoms with van der Waals surface area (Å²) in [5.41, 5.74) is -1.65. The lowest BCUT2D eigenvalue weighted by atomic mass is 9.86. The SMILES string of the molecule is C/C=C/[C@](C)(CCI)C(F)(F)F. The normalized spacial score (nSPS) is 18.2. The Morgan fingerprint density at radius 2 is 1.83 bits per heavy atom. The van der Waals surface area contributed by atoms with Gasteiger partial charge in [0.25, 0.3) is 0 Å². The summed E-state index contributed by atoms with van der Waals surface area (Å²) >= 11 is 1.96. The molecule has 0 aromatic carbocycles. The molecule has 0 fully saturated rings. The maximum Gasteiger partial charge on any atom is 0.397 e. The second kappa shape index (κ2) is 4.48. The molecule has 0 aromatic heterocycles. The molecular formula is C8H12F3I. The second-order valence-electron chi connectivity index (χ2n) is 2.85. The van der Waals surface area contributed by atoms with Gasteiger partial charge < -0.3 is 0 Å². The number of hydrogen-bond acceptors (Lipinski definition) is 0. The Hall–Kier alpha value is 0.260. The predicted molar refractivity (Wildman–Crippen MR) is 52.5 cm³/mol. The first-order chi connectivity index (χ1) is 5.37. The zero-order chi connectivity index (χ0) is 9.83. The van der Waals surface area contributed by atoms with Gasteiger partial charge in [0.15, 0.2) is 0 Å². The number of allylic oxidation sites excluding steroid dienone is 2. The molecule has 0 saturated carbocycles. The van der Waals surface area contributed by atoms with Crippen LogP contribution in [-0.2, 0) is 0 Å². The van der Waals surface area contributed by atoms with Crippen LogP contribution < -0.4 is 0 Å². The monoisotopic (exact) mass is 292 g/mol. The van der Waals surface area contributed by atoms with Crippen molar-refractivity contribution >= 4 is 22.6 Å². The van der Waals surface area contributed by atoms with Crippen LogP contribution in [0.2, 0.25) is 0 Å². The van der Waals surface area contributed by atoms with Crippen molar-refractivity contribution in [1.82, 2.24) is 0 Å². The standard InChI is InChI=1S/C8H12F3I/c1-3-4-7(2,5-6-12)8(9,10)11/h3-4H,5-6H2,1-2H3/b4-3+/t7-/m1/s1. The van der Waals surface area contributed by atoms with Gasteiger partial charge in [0, 0.05) is 4.43 Å². The summed E-state index contributed by atoms with van der Waals surface area (Å²) in [5.74, 6) is 0. The topological polar surface area (TPSA) is 0 Å². The van der Waals surface area contributed by atoms with Crippen molar-refractivity contribution in [1.29, 1.82) is 0 Å². The molecule has 12 heavy (non-hydrogen) atoms. The van der Waals surface area contributed by atoms with Crippen LogP contribution in [0.1, 0.15) is 20.3 Å². The molecule has 0 bridgehead atoms. The van der Waals surface area contributed by atoms with Gasteiger partial charge in [-0.15, -0.1) is 0 Å². The third kappa shape index (κ3) is 2.95. The van der Waals surface area contributed by atoms with Gasteiger partial charge in [-0.3, -0.25) is 0 Å². The molecule has 0 rings (SSSR count).